The first-order chi connectivity index (χ1) is 22.7. The third kappa shape index (κ3) is 6.67. The van der Waals surface area contributed by atoms with Gasteiger partial charge in [0.25, 0.3) is 11.6 Å². The van der Waals surface area contributed by atoms with E-state index in [1.807, 2.05) is 103 Å². The van der Waals surface area contributed by atoms with E-state index in [0.717, 1.165) is 46.0 Å². The number of amides is 1. The molecule has 0 atom stereocenters. The van der Waals surface area contributed by atoms with Crippen molar-refractivity contribution in [3.05, 3.63) is 157 Å². The lowest BCUT2D eigenvalue weighted by Crippen LogP contribution is -2.28. The summed E-state index contributed by atoms with van der Waals surface area (Å²) in [5.74, 6) is 0.0955. The van der Waals surface area contributed by atoms with Crippen LogP contribution in [-0.2, 0) is 11.3 Å². The lowest BCUT2D eigenvalue weighted by molar-refractivity contribution is -0.394. The molecule has 1 fully saturated rings. The van der Waals surface area contributed by atoms with E-state index in [4.69, 9.17) is 9.73 Å². The zero-order valence-electron chi connectivity index (χ0n) is 25.3. The van der Waals surface area contributed by atoms with Gasteiger partial charge >= 0.3 is 5.69 Å². The molecule has 1 saturated heterocycles. The Morgan fingerprint density at radius 2 is 1.53 bits per heavy atom. The second-order valence-electron chi connectivity index (χ2n) is 10.6. The number of para-hydroxylation sites is 1. The van der Waals surface area contributed by atoms with E-state index >= 15 is 0 Å². The van der Waals surface area contributed by atoms with Crippen LogP contribution in [0, 0.1) is 34.1 Å². The minimum Gasteiger partial charge on any atom is -0.450 e. The molecule has 0 bridgehead atoms. The SMILES string of the molecule is Cc1cc(/C=C2\SC(=Nc3ccccc3)N(Cc3ccccc3)C2=O)c(C)n1-c1ccc(Oc2ccc([N+](=O)[O-])cc2[N+](=O)[O-])cc1. The quantitative estimate of drug-likeness (QED) is 0.0891. The summed E-state index contributed by atoms with van der Waals surface area (Å²) in [7, 11) is 0. The molecule has 4 aromatic carbocycles. The lowest BCUT2D eigenvalue weighted by atomic mass is 10.2. The molecule has 0 N–H and O–H groups in total. The molecule has 1 aliphatic rings. The normalized spacial score (nSPS) is 14.6. The second-order valence-corrected chi connectivity index (χ2v) is 11.7. The van der Waals surface area contributed by atoms with Crippen LogP contribution in [0.1, 0.15) is 22.5 Å². The van der Waals surface area contributed by atoms with E-state index in [2.05, 4.69) is 0 Å². The van der Waals surface area contributed by atoms with Gasteiger partial charge in [-0.2, -0.15) is 0 Å². The molecule has 0 spiro atoms. The zero-order valence-corrected chi connectivity index (χ0v) is 26.1. The molecule has 1 aliphatic heterocycles. The van der Waals surface area contributed by atoms with Crippen LogP contribution in [0.2, 0.25) is 0 Å². The molecule has 234 valence electrons. The van der Waals surface area contributed by atoms with Crippen molar-refractivity contribution in [2.75, 3.05) is 0 Å². The number of nitro groups is 2. The number of nitro benzene ring substituents is 2. The standard InChI is InChI=1S/C35H27N5O6S/c1-23-19-26(20-33-34(41)37(22-25-9-5-3-6-10-25)35(47-33)36-27-11-7-4-8-12-27)24(2)38(23)28-13-16-30(17-14-28)46-32-18-15-29(39(42)43)21-31(32)40(44)45/h3-21H,22H2,1-2H3/b33-20-,36-35?. The topological polar surface area (TPSA) is 133 Å². The van der Waals surface area contributed by atoms with Gasteiger partial charge in [0, 0.05) is 23.1 Å². The second kappa shape index (κ2) is 13.2. The molecule has 1 amide bonds. The van der Waals surface area contributed by atoms with Gasteiger partial charge in [0.15, 0.2) is 5.17 Å². The van der Waals surface area contributed by atoms with Gasteiger partial charge in [-0.15, -0.1) is 0 Å². The van der Waals surface area contributed by atoms with Crippen molar-refractivity contribution in [2.24, 2.45) is 4.99 Å². The van der Waals surface area contributed by atoms with Crippen LogP contribution in [0.25, 0.3) is 11.8 Å². The Balaban J connectivity index is 1.27. The van der Waals surface area contributed by atoms with Crippen molar-refractivity contribution < 1.29 is 19.4 Å². The van der Waals surface area contributed by atoms with Gasteiger partial charge in [0.1, 0.15) is 5.75 Å². The zero-order chi connectivity index (χ0) is 33.1. The monoisotopic (exact) mass is 645 g/mol. The van der Waals surface area contributed by atoms with Crippen molar-refractivity contribution >= 4 is 46.0 Å². The Hall–Kier alpha value is -6.01. The van der Waals surface area contributed by atoms with Crippen LogP contribution in [0.3, 0.4) is 0 Å². The smallest absolute Gasteiger partial charge is 0.318 e. The average molecular weight is 646 g/mol. The summed E-state index contributed by atoms with van der Waals surface area (Å²) in [6.45, 7) is 4.33. The van der Waals surface area contributed by atoms with Gasteiger partial charge in [-0.3, -0.25) is 29.9 Å². The summed E-state index contributed by atoms with van der Waals surface area (Å²) in [6, 6.07) is 31.5. The summed E-state index contributed by atoms with van der Waals surface area (Å²) in [4.78, 5) is 42.0. The number of carbonyl (C=O) groups excluding carboxylic acids is 1. The average Bonchev–Trinajstić information content (AvgIpc) is 3.51. The molecule has 12 heteroatoms. The number of hydrogen-bond donors (Lipinski definition) is 0. The summed E-state index contributed by atoms with van der Waals surface area (Å²) < 4.78 is 7.77. The largest absolute Gasteiger partial charge is 0.450 e. The Morgan fingerprint density at radius 1 is 0.851 bits per heavy atom. The number of ether oxygens (including phenoxy) is 1. The van der Waals surface area contributed by atoms with Crippen LogP contribution in [0.15, 0.2) is 119 Å². The molecular weight excluding hydrogens is 618 g/mol. The maximum Gasteiger partial charge on any atom is 0.318 e. The molecule has 2 heterocycles. The van der Waals surface area contributed by atoms with Gasteiger partial charge in [-0.1, -0.05) is 48.5 Å². The number of aromatic nitrogens is 1. The maximum atomic E-state index is 13.8. The third-order valence-electron chi connectivity index (χ3n) is 7.48. The number of rotatable bonds is 9. The first-order valence-corrected chi connectivity index (χ1v) is 15.3. The van der Waals surface area contributed by atoms with Crippen LogP contribution < -0.4 is 4.74 Å². The van der Waals surface area contributed by atoms with Gasteiger partial charge < -0.3 is 9.30 Å². The van der Waals surface area contributed by atoms with E-state index in [9.17, 15) is 25.0 Å². The Kier molecular flexibility index (Phi) is 8.67. The number of amidine groups is 1. The van der Waals surface area contributed by atoms with Gasteiger partial charge in [0.05, 0.1) is 33.1 Å². The van der Waals surface area contributed by atoms with Crippen LogP contribution >= 0.6 is 11.8 Å². The lowest BCUT2D eigenvalue weighted by Gasteiger charge is -2.15. The van der Waals surface area contributed by atoms with Crippen LogP contribution in [-0.4, -0.2) is 30.4 Å². The Morgan fingerprint density at radius 3 is 2.19 bits per heavy atom. The first kappa shape index (κ1) is 31.0. The molecule has 0 saturated carbocycles. The van der Waals surface area contributed by atoms with E-state index in [1.54, 1.807) is 17.0 Å². The Labute approximate surface area is 273 Å². The summed E-state index contributed by atoms with van der Waals surface area (Å²) in [5, 5.41) is 23.2. The predicted molar refractivity (Wildman–Crippen MR) is 181 cm³/mol. The van der Waals surface area contributed by atoms with Crippen molar-refractivity contribution in [1.82, 2.24) is 9.47 Å². The molecule has 47 heavy (non-hydrogen) atoms. The third-order valence-corrected chi connectivity index (χ3v) is 8.49. The van der Waals surface area contributed by atoms with Crippen molar-refractivity contribution in [3.8, 4) is 17.2 Å². The molecule has 6 rings (SSSR count). The highest BCUT2D eigenvalue weighted by Gasteiger charge is 2.34. The first-order valence-electron chi connectivity index (χ1n) is 14.5. The van der Waals surface area contributed by atoms with E-state index in [-0.39, 0.29) is 11.7 Å². The van der Waals surface area contributed by atoms with Crippen LogP contribution in [0.4, 0.5) is 17.1 Å². The minimum absolute atomic E-state index is 0.106. The van der Waals surface area contributed by atoms with E-state index in [0.29, 0.717) is 22.4 Å². The molecule has 11 nitrogen and oxygen atoms in total. The highest BCUT2D eigenvalue weighted by atomic mass is 32.2. The van der Waals surface area contributed by atoms with Crippen molar-refractivity contribution in [1.29, 1.82) is 0 Å². The highest BCUT2D eigenvalue weighted by Crippen LogP contribution is 2.37. The van der Waals surface area contributed by atoms with Crippen molar-refractivity contribution in [2.45, 2.75) is 20.4 Å². The van der Waals surface area contributed by atoms with E-state index in [1.165, 1.54) is 17.8 Å². The number of nitrogens with zero attached hydrogens (tertiary/aromatic N) is 5. The molecule has 5 aromatic rings. The fourth-order valence-electron chi connectivity index (χ4n) is 5.22. The fourth-order valence-corrected chi connectivity index (χ4v) is 6.21. The fraction of sp³-hybridized carbons (Fsp3) is 0.0857. The minimum atomic E-state index is -0.718. The van der Waals surface area contributed by atoms with Crippen LogP contribution in [0.5, 0.6) is 11.5 Å². The molecule has 0 aliphatic carbocycles. The molecular formula is C35H27N5O6S. The predicted octanol–water partition coefficient (Wildman–Crippen LogP) is 8.51. The Bertz CT molecular complexity index is 2060. The molecule has 1 aromatic heterocycles. The summed E-state index contributed by atoms with van der Waals surface area (Å²) in [6.07, 6.45) is 1.89. The van der Waals surface area contributed by atoms with E-state index < -0.39 is 21.2 Å². The molecule has 0 unspecified atom stereocenters. The van der Waals surface area contributed by atoms with Gasteiger partial charge in [-0.25, -0.2) is 4.99 Å². The number of aryl methyl sites for hydroxylation is 1. The maximum absolute atomic E-state index is 13.8. The van der Waals surface area contributed by atoms with Gasteiger partial charge in [-0.05, 0) is 91.3 Å². The number of thioether (sulfide) groups is 1. The highest BCUT2D eigenvalue weighted by molar-refractivity contribution is 8.18. The molecule has 0 radical (unpaired) electrons. The number of aliphatic imine (C=N–C) groups is 1. The summed E-state index contributed by atoms with van der Waals surface area (Å²) in [5.41, 5.74) is 4.39. The number of carbonyl (C=O) groups is 1. The van der Waals surface area contributed by atoms with Gasteiger partial charge in [0.2, 0.25) is 5.75 Å². The number of benzene rings is 4. The number of non-ortho nitro benzene ring substituents is 1. The van der Waals surface area contributed by atoms with Crippen molar-refractivity contribution in [3.63, 3.8) is 0 Å². The number of hydrogen-bond acceptors (Lipinski definition) is 8. The summed E-state index contributed by atoms with van der Waals surface area (Å²) >= 11 is 1.34.